The van der Waals surface area contributed by atoms with Crippen LogP contribution in [0.15, 0.2) is 48.5 Å². The Kier molecular flexibility index (Phi) is 8.03. The summed E-state index contributed by atoms with van der Waals surface area (Å²) in [6.07, 6.45) is 0.294. The van der Waals surface area contributed by atoms with E-state index in [0.717, 1.165) is 5.56 Å². The van der Waals surface area contributed by atoms with Crippen LogP contribution in [-0.2, 0) is 25.5 Å². The van der Waals surface area contributed by atoms with Gasteiger partial charge in [0.25, 0.3) is 0 Å². The van der Waals surface area contributed by atoms with E-state index in [1.807, 2.05) is 12.1 Å². The van der Waals surface area contributed by atoms with Crippen LogP contribution >= 0.6 is 11.6 Å². The molecule has 2 amide bonds. The second kappa shape index (κ2) is 11.2. The van der Waals surface area contributed by atoms with Gasteiger partial charge in [0.15, 0.2) is 0 Å². The molecule has 0 unspecified atom stereocenters. The highest BCUT2D eigenvalue weighted by Gasteiger charge is 2.42. The van der Waals surface area contributed by atoms with E-state index in [4.69, 9.17) is 25.8 Å². The molecule has 0 N–H and O–H groups in total. The molecular weight excluding hydrogens is 463 g/mol. The minimum atomic E-state index is -1.02. The van der Waals surface area contributed by atoms with Crippen LogP contribution in [0.3, 0.4) is 0 Å². The molecule has 2 aliphatic heterocycles. The normalized spacial score (nSPS) is 20.8. The van der Waals surface area contributed by atoms with Gasteiger partial charge < -0.3 is 24.0 Å². The van der Waals surface area contributed by atoms with Gasteiger partial charge in [-0.3, -0.25) is 9.59 Å². The van der Waals surface area contributed by atoms with E-state index in [9.17, 15) is 14.0 Å². The van der Waals surface area contributed by atoms with Crippen molar-refractivity contribution in [1.29, 1.82) is 0 Å². The van der Waals surface area contributed by atoms with Crippen LogP contribution in [0.4, 0.5) is 4.39 Å². The van der Waals surface area contributed by atoms with E-state index in [1.165, 1.54) is 24.3 Å². The zero-order valence-corrected chi connectivity index (χ0v) is 19.6. The van der Waals surface area contributed by atoms with Crippen LogP contribution in [0.1, 0.15) is 12.0 Å². The van der Waals surface area contributed by atoms with Gasteiger partial charge in [-0.1, -0.05) is 23.7 Å². The standard InChI is InChI=1S/C25H28ClFN2O5/c26-20-3-1-19(2-4-20)15-23(30)29-11-14-34-25(17-29,16-24(31)28-9-12-32-13-10-28)18-33-22-7-5-21(27)6-8-22/h1-8H,9-18H2/t25-/m0/s1. The first kappa shape index (κ1) is 24.4. The van der Waals surface area contributed by atoms with Crippen molar-refractivity contribution in [2.75, 3.05) is 52.6 Å². The summed E-state index contributed by atoms with van der Waals surface area (Å²) in [5.41, 5.74) is -0.157. The Morgan fingerprint density at radius 1 is 0.941 bits per heavy atom. The fourth-order valence-corrected chi connectivity index (χ4v) is 4.26. The van der Waals surface area contributed by atoms with E-state index in [1.54, 1.807) is 21.9 Å². The highest BCUT2D eigenvalue weighted by molar-refractivity contribution is 6.30. The SMILES string of the molecule is O=C(C[C@@]1(COc2ccc(F)cc2)CN(C(=O)Cc2ccc(Cl)cc2)CCO1)N1CCOCC1. The Morgan fingerprint density at radius 3 is 2.32 bits per heavy atom. The van der Waals surface area contributed by atoms with Crippen LogP contribution in [-0.4, -0.2) is 79.8 Å². The third-order valence-electron chi connectivity index (χ3n) is 6.02. The van der Waals surface area contributed by atoms with Gasteiger partial charge >= 0.3 is 0 Å². The van der Waals surface area contributed by atoms with Crippen LogP contribution in [0.2, 0.25) is 5.02 Å². The lowest BCUT2D eigenvalue weighted by atomic mass is 9.96. The quantitative estimate of drug-likeness (QED) is 0.597. The van der Waals surface area contributed by atoms with Crippen molar-refractivity contribution in [3.05, 3.63) is 64.9 Å². The number of morpholine rings is 2. The largest absolute Gasteiger partial charge is 0.490 e. The van der Waals surface area contributed by atoms with Crippen molar-refractivity contribution in [3.8, 4) is 5.75 Å². The predicted molar refractivity (Wildman–Crippen MR) is 124 cm³/mol. The van der Waals surface area contributed by atoms with E-state index in [-0.39, 0.29) is 50.2 Å². The molecule has 2 saturated heterocycles. The highest BCUT2D eigenvalue weighted by atomic mass is 35.5. The molecule has 4 rings (SSSR count). The number of nitrogens with zero attached hydrogens (tertiary/aromatic N) is 2. The molecule has 0 bridgehead atoms. The van der Waals surface area contributed by atoms with E-state index in [0.29, 0.717) is 43.6 Å². The van der Waals surface area contributed by atoms with Crippen LogP contribution < -0.4 is 4.74 Å². The molecule has 9 heteroatoms. The lowest BCUT2D eigenvalue weighted by molar-refractivity contribution is -0.167. The van der Waals surface area contributed by atoms with Gasteiger partial charge in [0.1, 0.15) is 23.8 Å². The van der Waals surface area contributed by atoms with Gasteiger partial charge in [-0.25, -0.2) is 4.39 Å². The topological polar surface area (TPSA) is 68.3 Å². The molecular formula is C25H28ClFN2O5. The summed E-state index contributed by atoms with van der Waals surface area (Å²) in [4.78, 5) is 29.7. The summed E-state index contributed by atoms with van der Waals surface area (Å²) in [6.45, 7) is 3.02. The fourth-order valence-electron chi connectivity index (χ4n) is 4.14. The third-order valence-corrected chi connectivity index (χ3v) is 6.27. The summed E-state index contributed by atoms with van der Waals surface area (Å²) < 4.78 is 30.7. The Morgan fingerprint density at radius 2 is 1.62 bits per heavy atom. The molecule has 0 radical (unpaired) electrons. The number of amides is 2. The number of carbonyl (C=O) groups excluding carboxylic acids is 2. The molecule has 7 nitrogen and oxygen atoms in total. The second-order valence-electron chi connectivity index (χ2n) is 8.56. The fraction of sp³-hybridized carbons (Fsp3) is 0.440. The first-order valence-electron chi connectivity index (χ1n) is 11.3. The van der Waals surface area contributed by atoms with Gasteiger partial charge in [-0.05, 0) is 42.0 Å². The highest BCUT2D eigenvalue weighted by Crippen LogP contribution is 2.26. The number of hydrogen-bond acceptors (Lipinski definition) is 5. The Balaban J connectivity index is 1.48. The van der Waals surface area contributed by atoms with Gasteiger partial charge in [-0.15, -0.1) is 0 Å². The zero-order valence-electron chi connectivity index (χ0n) is 18.9. The lowest BCUT2D eigenvalue weighted by Crippen LogP contribution is -2.59. The summed E-state index contributed by atoms with van der Waals surface area (Å²) in [5, 5.41) is 0.612. The second-order valence-corrected chi connectivity index (χ2v) is 9.00. The molecule has 34 heavy (non-hydrogen) atoms. The number of hydrogen-bond donors (Lipinski definition) is 0. The van der Waals surface area contributed by atoms with Crippen LogP contribution in [0.25, 0.3) is 0 Å². The molecule has 2 aromatic rings. The Bertz CT molecular complexity index is 982. The van der Waals surface area contributed by atoms with Crippen molar-refractivity contribution in [2.24, 2.45) is 0 Å². The lowest BCUT2D eigenvalue weighted by Gasteiger charge is -2.43. The van der Waals surface area contributed by atoms with Gasteiger partial charge in [0.05, 0.1) is 39.2 Å². The van der Waals surface area contributed by atoms with E-state index >= 15 is 0 Å². The molecule has 0 aromatic heterocycles. The smallest absolute Gasteiger partial charge is 0.227 e. The third kappa shape index (κ3) is 6.46. The predicted octanol–water partition coefficient (Wildman–Crippen LogP) is 2.95. The first-order chi connectivity index (χ1) is 16.4. The van der Waals surface area contributed by atoms with E-state index < -0.39 is 5.60 Å². The maximum Gasteiger partial charge on any atom is 0.227 e. The van der Waals surface area contributed by atoms with Crippen molar-refractivity contribution in [1.82, 2.24) is 9.80 Å². The molecule has 0 spiro atoms. The van der Waals surface area contributed by atoms with Crippen LogP contribution in [0, 0.1) is 5.82 Å². The van der Waals surface area contributed by atoms with Gasteiger partial charge in [-0.2, -0.15) is 0 Å². The minimum Gasteiger partial charge on any atom is -0.490 e. The molecule has 182 valence electrons. The number of rotatable bonds is 7. The molecule has 2 aromatic carbocycles. The maximum absolute atomic E-state index is 13.3. The van der Waals surface area contributed by atoms with Crippen molar-refractivity contribution in [2.45, 2.75) is 18.4 Å². The average molecular weight is 491 g/mol. The zero-order chi connectivity index (χ0) is 24.0. The molecule has 0 aliphatic carbocycles. The summed E-state index contributed by atoms with van der Waals surface area (Å²) >= 11 is 5.95. The van der Waals surface area contributed by atoms with E-state index in [2.05, 4.69) is 0 Å². The summed E-state index contributed by atoms with van der Waals surface area (Å²) in [5.74, 6) is -0.0288. The number of benzene rings is 2. The molecule has 0 saturated carbocycles. The maximum atomic E-state index is 13.3. The summed E-state index contributed by atoms with van der Waals surface area (Å²) in [7, 11) is 0. The minimum absolute atomic E-state index is 0.0550. The Hall–Kier alpha value is -2.68. The number of ether oxygens (including phenoxy) is 3. The Labute approximate surface area is 203 Å². The molecule has 2 aliphatic rings. The molecule has 2 heterocycles. The van der Waals surface area contributed by atoms with Crippen molar-refractivity contribution >= 4 is 23.4 Å². The number of halogens is 2. The molecule has 1 atom stereocenters. The average Bonchev–Trinajstić information content (AvgIpc) is 2.86. The van der Waals surface area contributed by atoms with Crippen molar-refractivity contribution < 1.29 is 28.2 Å². The van der Waals surface area contributed by atoms with Crippen LogP contribution in [0.5, 0.6) is 5.75 Å². The van der Waals surface area contributed by atoms with Crippen molar-refractivity contribution in [3.63, 3.8) is 0 Å². The van der Waals surface area contributed by atoms with Gasteiger partial charge in [0.2, 0.25) is 11.8 Å². The van der Waals surface area contributed by atoms with Gasteiger partial charge in [0, 0.05) is 24.7 Å². The monoisotopic (exact) mass is 490 g/mol. The molecule has 2 fully saturated rings. The summed E-state index contributed by atoms with van der Waals surface area (Å²) in [6, 6.07) is 12.8. The first-order valence-corrected chi connectivity index (χ1v) is 11.7. The number of carbonyl (C=O) groups is 2.